The minimum Gasteiger partial charge on any atom is -0.497 e. The maximum Gasteiger partial charge on any atom is 0.118 e. The van der Waals surface area contributed by atoms with Gasteiger partial charge in [-0.2, -0.15) is 0 Å². The van der Waals surface area contributed by atoms with E-state index in [1.54, 1.807) is 7.11 Å². The molecule has 0 aliphatic carbocycles. The maximum absolute atomic E-state index is 12.2. The molecule has 0 spiro atoms. The molecular weight excluding hydrogens is 386 g/mol. The molecule has 0 radical (unpaired) electrons. The number of benzene rings is 2. The summed E-state index contributed by atoms with van der Waals surface area (Å²) in [6, 6.07) is 15.7. The van der Waals surface area contributed by atoms with Crippen molar-refractivity contribution in [3.8, 4) is 5.75 Å². The third kappa shape index (κ3) is 5.52. The first-order valence-electron chi connectivity index (χ1n) is 10.3. The molecule has 29 heavy (non-hydrogen) atoms. The molecule has 1 aliphatic rings. The maximum atomic E-state index is 12.2. The fourth-order valence-corrected chi connectivity index (χ4v) is 4.36. The van der Waals surface area contributed by atoms with Crippen LogP contribution in [0, 0.1) is 5.92 Å². The van der Waals surface area contributed by atoms with Crippen LogP contribution < -0.4 is 4.74 Å². The smallest absolute Gasteiger partial charge is 0.118 e. The Bertz CT molecular complexity index is 757. The van der Waals surface area contributed by atoms with E-state index in [1.807, 2.05) is 48.5 Å². The molecule has 0 amide bonds. The Labute approximate surface area is 179 Å². The van der Waals surface area contributed by atoms with Gasteiger partial charge < -0.3 is 14.6 Å². The van der Waals surface area contributed by atoms with Gasteiger partial charge in [-0.25, -0.2) is 0 Å². The van der Waals surface area contributed by atoms with Crippen molar-refractivity contribution in [2.75, 3.05) is 40.0 Å². The van der Waals surface area contributed by atoms with E-state index in [0.29, 0.717) is 17.4 Å². The Morgan fingerprint density at radius 3 is 2.24 bits per heavy atom. The van der Waals surface area contributed by atoms with Crippen molar-refractivity contribution in [1.82, 2.24) is 4.90 Å². The molecule has 0 saturated carbocycles. The van der Waals surface area contributed by atoms with Gasteiger partial charge in [-0.1, -0.05) is 49.7 Å². The highest BCUT2D eigenvalue weighted by molar-refractivity contribution is 6.30. The van der Waals surface area contributed by atoms with Crippen molar-refractivity contribution in [3.63, 3.8) is 0 Å². The lowest BCUT2D eigenvalue weighted by atomic mass is 9.72. The highest BCUT2D eigenvalue weighted by atomic mass is 35.5. The van der Waals surface area contributed by atoms with E-state index in [1.165, 1.54) is 0 Å². The summed E-state index contributed by atoms with van der Waals surface area (Å²) >= 11 is 6.15. The van der Waals surface area contributed by atoms with Crippen LogP contribution in [0.3, 0.4) is 0 Å². The van der Waals surface area contributed by atoms with E-state index in [0.717, 1.165) is 49.7 Å². The average Bonchev–Trinajstić information content (AvgIpc) is 2.73. The first-order valence-corrected chi connectivity index (χ1v) is 10.7. The minimum absolute atomic E-state index is 0.0892. The van der Waals surface area contributed by atoms with Crippen molar-refractivity contribution in [3.05, 3.63) is 64.7 Å². The Morgan fingerprint density at radius 1 is 1.07 bits per heavy atom. The summed E-state index contributed by atoms with van der Waals surface area (Å²) in [7, 11) is 1.66. The largest absolute Gasteiger partial charge is 0.497 e. The van der Waals surface area contributed by atoms with Crippen LogP contribution in [-0.4, -0.2) is 50.0 Å². The third-order valence-corrected chi connectivity index (χ3v) is 5.95. The zero-order chi connectivity index (χ0) is 20.9. The van der Waals surface area contributed by atoms with Gasteiger partial charge >= 0.3 is 0 Å². The van der Waals surface area contributed by atoms with Crippen LogP contribution in [0.5, 0.6) is 5.75 Å². The molecule has 1 N–H and O–H groups in total. The van der Waals surface area contributed by atoms with E-state index < -0.39 is 5.60 Å². The zero-order valence-electron chi connectivity index (χ0n) is 17.6. The number of aliphatic hydroxyl groups is 1. The molecular formula is C24H32ClNO3. The van der Waals surface area contributed by atoms with Crippen molar-refractivity contribution >= 4 is 11.6 Å². The molecule has 2 aromatic rings. The van der Waals surface area contributed by atoms with Crippen LogP contribution >= 0.6 is 11.6 Å². The van der Waals surface area contributed by atoms with E-state index in [-0.39, 0.29) is 5.92 Å². The van der Waals surface area contributed by atoms with Gasteiger partial charge in [-0.15, -0.1) is 0 Å². The number of rotatable bonds is 8. The molecule has 5 heteroatoms. The summed E-state index contributed by atoms with van der Waals surface area (Å²) in [6.07, 6.45) is 0.664. The third-order valence-electron chi connectivity index (χ3n) is 5.70. The Morgan fingerprint density at radius 2 is 1.69 bits per heavy atom. The standard InChI is InChI=1S/C24H32ClNO3/c1-18(2)16-24(27,20-6-10-22(28-3)11-7-20)23(17-26-12-14-29-15-13-26)19-4-8-21(25)9-5-19/h4-11,18,23,27H,12-17H2,1-3H3/t23-,24+/m1/s1. The average molecular weight is 418 g/mol. The number of hydrogen-bond acceptors (Lipinski definition) is 4. The van der Waals surface area contributed by atoms with Gasteiger partial charge in [-0.3, -0.25) is 4.90 Å². The van der Waals surface area contributed by atoms with Gasteiger partial charge in [0.25, 0.3) is 0 Å². The second kappa shape index (κ2) is 9.94. The monoisotopic (exact) mass is 417 g/mol. The lowest BCUT2D eigenvalue weighted by Gasteiger charge is -2.42. The highest BCUT2D eigenvalue weighted by Crippen LogP contribution is 2.43. The van der Waals surface area contributed by atoms with E-state index in [2.05, 4.69) is 18.7 Å². The van der Waals surface area contributed by atoms with Crippen LogP contribution in [0.25, 0.3) is 0 Å². The Balaban J connectivity index is 2.03. The number of halogens is 1. The summed E-state index contributed by atoms with van der Waals surface area (Å²) < 4.78 is 10.9. The molecule has 0 bridgehead atoms. The van der Waals surface area contributed by atoms with E-state index in [9.17, 15) is 5.11 Å². The van der Waals surface area contributed by atoms with Gasteiger partial charge in [0.15, 0.2) is 0 Å². The number of hydrogen-bond donors (Lipinski definition) is 1. The quantitative estimate of drug-likeness (QED) is 0.676. The second-order valence-corrected chi connectivity index (χ2v) is 8.70. The molecule has 1 heterocycles. The molecule has 0 unspecified atom stereocenters. The summed E-state index contributed by atoms with van der Waals surface area (Å²) in [4.78, 5) is 2.39. The lowest BCUT2D eigenvalue weighted by Crippen LogP contribution is -2.45. The number of methoxy groups -OCH3 is 1. The lowest BCUT2D eigenvalue weighted by molar-refractivity contribution is -0.0356. The van der Waals surface area contributed by atoms with Gasteiger partial charge in [0.2, 0.25) is 0 Å². The van der Waals surface area contributed by atoms with Crippen LogP contribution in [0.1, 0.15) is 37.3 Å². The van der Waals surface area contributed by atoms with Crippen molar-refractivity contribution in [1.29, 1.82) is 0 Å². The van der Waals surface area contributed by atoms with Gasteiger partial charge in [0.05, 0.1) is 25.9 Å². The molecule has 0 aromatic heterocycles. The van der Waals surface area contributed by atoms with Crippen LogP contribution in [-0.2, 0) is 10.3 Å². The Kier molecular flexibility index (Phi) is 7.58. The molecule has 3 rings (SSSR count). The van der Waals surface area contributed by atoms with Crippen LogP contribution in [0.2, 0.25) is 5.02 Å². The molecule has 4 nitrogen and oxygen atoms in total. The molecule has 1 saturated heterocycles. The van der Waals surface area contributed by atoms with E-state index in [4.69, 9.17) is 21.1 Å². The highest BCUT2D eigenvalue weighted by Gasteiger charge is 2.41. The predicted molar refractivity (Wildman–Crippen MR) is 118 cm³/mol. The molecule has 2 atom stereocenters. The first kappa shape index (κ1) is 22.1. The topological polar surface area (TPSA) is 41.9 Å². The summed E-state index contributed by atoms with van der Waals surface area (Å²) in [5.41, 5.74) is 1.01. The fraction of sp³-hybridized carbons (Fsp3) is 0.500. The van der Waals surface area contributed by atoms with Crippen molar-refractivity contribution < 1.29 is 14.6 Å². The fourth-order valence-electron chi connectivity index (χ4n) is 4.23. The summed E-state index contributed by atoms with van der Waals surface area (Å²) in [5, 5.41) is 12.9. The number of morpholine rings is 1. The van der Waals surface area contributed by atoms with Crippen LogP contribution in [0.4, 0.5) is 0 Å². The minimum atomic E-state index is -1.01. The zero-order valence-corrected chi connectivity index (χ0v) is 18.4. The SMILES string of the molecule is COc1ccc([C@@](O)(CC(C)C)[C@H](CN2CCOCC2)c2ccc(Cl)cc2)cc1. The molecule has 1 fully saturated rings. The normalized spacial score (nSPS) is 18.4. The van der Waals surface area contributed by atoms with Gasteiger partial charge in [0, 0.05) is 30.6 Å². The summed E-state index contributed by atoms with van der Waals surface area (Å²) in [6.45, 7) is 8.30. The van der Waals surface area contributed by atoms with Crippen LogP contribution in [0.15, 0.2) is 48.5 Å². The molecule has 2 aromatic carbocycles. The first-order chi connectivity index (χ1) is 13.9. The second-order valence-electron chi connectivity index (χ2n) is 8.27. The van der Waals surface area contributed by atoms with Crippen molar-refractivity contribution in [2.24, 2.45) is 5.92 Å². The molecule has 1 aliphatic heterocycles. The Hall–Kier alpha value is -1.59. The number of nitrogens with zero attached hydrogens (tertiary/aromatic N) is 1. The summed E-state index contributed by atoms with van der Waals surface area (Å²) in [5.74, 6) is 1.03. The van der Waals surface area contributed by atoms with Crippen molar-refractivity contribution in [2.45, 2.75) is 31.8 Å². The van der Waals surface area contributed by atoms with Gasteiger partial charge in [-0.05, 0) is 47.7 Å². The molecule has 158 valence electrons. The number of ether oxygens (including phenoxy) is 2. The van der Waals surface area contributed by atoms with E-state index >= 15 is 0 Å². The predicted octanol–water partition coefficient (Wildman–Crippen LogP) is 4.70. The van der Waals surface area contributed by atoms with Gasteiger partial charge in [0.1, 0.15) is 5.75 Å².